The Bertz CT molecular complexity index is 681. The van der Waals surface area contributed by atoms with Gasteiger partial charge in [0.2, 0.25) is 0 Å². The molecule has 1 atom stereocenters. The Morgan fingerprint density at radius 1 is 1.33 bits per heavy atom. The van der Waals surface area contributed by atoms with E-state index in [1.165, 1.54) is 0 Å². The lowest BCUT2D eigenvalue weighted by molar-refractivity contribution is -0.386. The second kappa shape index (κ2) is 4.94. The van der Waals surface area contributed by atoms with Crippen molar-refractivity contribution in [3.8, 4) is 0 Å². The molecule has 0 aliphatic carbocycles. The first-order valence-electron chi connectivity index (χ1n) is 6.67. The van der Waals surface area contributed by atoms with Crippen LogP contribution in [0, 0.1) is 24.0 Å². The van der Waals surface area contributed by atoms with Crippen LogP contribution >= 0.6 is 0 Å². The van der Waals surface area contributed by atoms with Crippen LogP contribution in [0.2, 0.25) is 0 Å². The van der Waals surface area contributed by atoms with E-state index in [0.29, 0.717) is 23.1 Å². The number of hydrogen-bond donors (Lipinski definition) is 0. The summed E-state index contributed by atoms with van der Waals surface area (Å²) in [7, 11) is 0. The van der Waals surface area contributed by atoms with E-state index >= 15 is 0 Å². The Hall–Kier alpha value is -2.25. The van der Waals surface area contributed by atoms with Crippen LogP contribution in [0.5, 0.6) is 0 Å². The van der Waals surface area contributed by atoms with Gasteiger partial charge < -0.3 is 4.52 Å². The van der Waals surface area contributed by atoms with Crippen LogP contribution in [0.25, 0.3) is 0 Å². The van der Waals surface area contributed by atoms with Crippen LogP contribution in [-0.4, -0.2) is 24.8 Å². The van der Waals surface area contributed by atoms with E-state index in [9.17, 15) is 10.1 Å². The minimum absolute atomic E-state index is 0.0254. The van der Waals surface area contributed by atoms with Gasteiger partial charge in [-0.1, -0.05) is 25.9 Å². The molecule has 0 saturated heterocycles. The lowest BCUT2D eigenvalue weighted by atomic mass is 9.96. The largest absolute Gasteiger partial charge is 0.337 e. The molecule has 0 spiro atoms. The molecule has 0 fully saturated rings. The first kappa shape index (κ1) is 15.1. The third-order valence-electron chi connectivity index (χ3n) is 3.31. The van der Waals surface area contributed by atoms with Crippen LogP contribution in [0.4, 0.5) is 5.69 Å². The summed E-state index contributed by atoms with van der Waals surface area (Å²) in [6, 6.07) is -0.360. The molecular weight excluding hydrogens is 274 g/mol. The second-order valence-electron chi connectivity index (χ2n) is 6.10. The Balaban J connectivity index is 2.41. The van der Waals surface area contributed by atoms with Crippen LogP contribution in [0.3, 0.4) is 0 Å². The third-order valence-corrected chi connectivity index (χ3v) is 3.31. The molecular formula is C13H19N5O3. The maximum Gasteiger partial charge on any atom is 0.312 e. The van der Waals surface area contributed by atoms with Crippen LogP contribution < -0.4 is 0 Å². The summed E-state index contributed by atoms with van der Waals surface area (Å²) >= 11 is 0. The van der Waals surface area contributed by atoms with Gasteiger partial charge in [-0.05, 0) is 20.8 Å². The van der Waals surface area contributed by atoms with E-state index < -0.39 is 4.92 Å². The summed E-state index contributed by atoms with van der Waals surface area (Å²) in [6.07, 6.45) is 0. The van der Waals surface area contributed by atoms with Gasteiger partial charge in [0, 0.05) is 5.41 Å². The van der Waals surface area contributed by atoms with E-state index in [1.54, 1.807) is 18.5 Å². The first-order chi connectivity index (χ1) is 9.62. The van der Waals surface area contributed by atoms with Gasteiger partial charge in [-0.15, -0.1) is 0 Å². The number of aromatic nitrogens is 4. The summed E-state index contributed by atoms with van der Waals surface area (Å²) in [5.41, 5.74) is 0.653. The highest BCUT2D eigenvalue weighted by Gasteiger charge is 2.28. The van der Waals surface area contributed by atoms with Gasteiger partial charge in [0.1, 0.15) is 17.4 Å². The number of nitro groups is 1. The van der Waals surface area contributed by atoms with Gasteiger partial charge in [0.05, 0.1) is 4.92 Å². The number of aryl methyl sites for hydroxylation is 1. The highest BCUT2D eigenvalue weighted by molar-refractivity contribution is 5.40. The molecule has 0 radical (unpaired) electrons. The zero-order valence-corrected chi connectivity index (χ0v) is 13.0. The molecule has 2 heterocycles. The van der Waals surface area contributed by atoms with Crippen molar-refractivity contribution in [1.82, 2.24) is 19.9 Å². The molecule has 21 heavy (non-hydrogen) atoms. The lowest BCUT2D eigenvalue weighted by Gasteiger charge is -2.11. The monoisotopic (exact) mass is 293 g/mol. The molecule has 114 valence electrons. The normalized spacial score (nSPS) is 13.4. The summed E-state index contributed by atoms with van der Waals surface area (Å²) in [5.74, 6) is 0.987. The van der Waals surface area contributed by atoms with E-state index in [0.717, 1.165) is 0 Å². The molecule has 0 saturated carbocycles. The molecule has 2 rings (SSSR count). The van der Waals surface area contributed by atoms with Crippen molar-refractivity contribution in [3.05, 3.63) is 33.2 Å². The highest BCUT2D eigenvalue weighted by atomic mass is 16.6. The van der Waals surface area contributed by atoms with E-state index in [1.807, 2.05) is 27.7 Å². The van der Waals surface area contributed by atoms with Crippen molar-refractivity contribution in [2.75, 3.05) is 0 Å². The smallest absolute Gasteiger partial charge is 0.312 e. The maximum absolute atomic E-state index is 11.1. The fraction of sp³-hybridized carbons (Fsp3) is 0.615. The van der Waals surface area contributed by atoms with Gasteiger partial charge in [-0.3, -0.25) is 14.8 Å². The molecule has 2 aromatic rings. The first-order valence-corrected chi connectivity index (χ1v) is 6.67. The molecule has 8 heteroatoms. The predicted octanol–water partition coefficient (Wildman–Crippen LogP) is 2.70. The molecule has 0 bridgehead atoms. The van der Waals surface area contributed by atoms with Crippen LogP contribution in [0.15, 0.2) is 4.52 Å². The van der Waals surface area contributed by atoms with Gasteiger partial charge >= 0.3 is 5.69 Å². The molecule has 0 unspecified atom stereocenters. The molecule has 0 aliphatic heterocycles. The minimum Gasteiger partial charge on any atom is -0.337 e. The zero-order valence-electron chi connectivity index (χ0n) is 13.0. The zero-order chi connectivity index (χ0) is 15.9. The van der Waals surface area contributed by atoms with Gasteiger partial charge in [-0.25, -0.2) is 0 Å². The van der Waals surface area contributed by atoms with Crippen molar-refractivity contribution in [1.29, 1.82) is 0 Å². The second-order valence-corrected chi connectivity index (χ2v) is 6.10. The number of hydrogen-bond acceptors (Lipinski definition) is 6. The Labute approximate surface area is 122 Å². The molecule has 0 aliphatic rings. The van der Waals surface area contributed by atoms with Gasteiger partial charge in [0.25, 0.3) is 5.89 Å². The molecule has 0 N–H and O–H groups in total. The molecule has 2 aromatic heterocycles. The maximum atomic E-state index is 11.1. The topological polar surface area (TPSA) is 99.9 Å². The molecule has 8 nitrogen and oxygen atoms in total. The average molecular weight is 293 g/mol. The standard InChI is InChI=1S/C13H19N5O3/c1-7-10(18(19)20)8(2)17(15-7)9(3)11-14-12(16-21-11)13(4,5)6/h9H,1-6H3/t9-/m1/s1. The summed E-state index contributed by atoms with van der Waals surface area (Å²) in [6.45, 7) is 11.1. The van der Waals surface area contributed by atoms with Crippen LogP contribution in [0.1, 0.15) is 56.8 Å². The van der Waals surface area contributed by atoms with Crippen molar-refractivity contribution in [3.63, 3.8) is 0 Å². The average Bonchev–Trinajstić information content (AvgIpc) is 2.92. The van der Waals surface area contributed by atoms with E-state index in [-0.39, 0.29) is 17.1 Å². The van der Waals surface area contributed by atoms with Gasteiger partial charge in [-0.2, -0.15) is 10.1 Å². The van der Waals surface area contributed by atoms with Crippen molar-refractivity contribution >= 4 is 5.69 Å². The quantitative estimate of drug-likeness (QED) is 0.637. The third kappa shape index (κ3) is 2.65. The Morgan fingerprint density at radius 2 is 1.95 bits per heavy atom. The fourth-order valence-electron chi connectivity index (χ4n) is 2.11. The Kier molecular flexibility index (Phi) is 3.56. The summed E-state index contributed by atoms with van der Waals surface area (Å²) in [4.78, 5) is 15.0. The highest BCUT2D eigenvalue weighted by Crippen LogP contribution is 2.28. The number of nitrogens with zero attached hydrogens (tertiary/aromatic N) is 5. The number of rotatable bonds is 3. The summed E-state index contributed by atoms with van der Waals surface area (Å²) < 4.78 is 6.83. The van der Waals surface area contributed by atoms with Crippen LogP contribution in [-0.2, 0) is 5.41 Å². The van der Waals surface area contributed by atoms with Crippen molar-refractivity contribution in [2.24, 2.45) is 0 Å². The summed E-state index contributed by atoms with van der Waals surface area (Å²) in [5, 5.41) is 19.2. The Morgan fingerprint density at radius 3 is 2.38 bits per heavy atom. The fourth-order valence-corrected chi connectivity index (χ4v) is 2.11. The van der Waals surface area contributed by atoms with Crippen molar-refractivity contribution < 1.29 is 9.45 Å². The predicted molar refractivity (Wildman–Crippen MR) is 75.2 cm³/mol. The SMILES string of the molecule is Cc1nn([C@H](C)c2nc(C(C)(C)C)no2)c(C)c1[N+](=O)[O-]. The minimum atomic E-state index is -0.421. The molecule has 0 aromatic carbocycles. The van der Waals surface area contributed by atoms with E-state index in [2.05, 4.69) is 15.2 Å². The van der Waals surface area contributed by atoms with E-state index in [4.69, 9.17) is 4.52 Å². The lowest BCUT2D eigenvalue weighted by Crippen LogP contribution is -2.15. The van der Waals surface area contributed by atoms with Crippen molar-refractivity contribution in [2.45, 2.75) is 53.0 Å². The van der Waals surface area contributed by atoms with Gasteiger partial charge in [0.15, 0.2) is 5.82 Å². The molecule has 0 amide bonds.